The molecule has 3 atom stereocenters. The minimum Gasteiger partial charge on any atom is -0.445 e. The van der Waals surface area contributed by atoms with E-state index >= 15 is 0 Å². The number of carbonyl (C=O) groups excluding carboxylic acids is 4. The molecule has 0 saturated carbocycles. The van der Waals surface area contributed by atoms with Crippen molar-refractivity contribution in [2.75, 3.05) is 13.1 Å². The van der Waals surface area contributed by atoms with Gasteiger partial charge in [-0.3, -0.25) is 14.4 Å². The van der Waals surface area contributed by atoms with Crippen LogP contribution in [-0.2, 0) is 38.6 Å². The molecule has 3 aromatic carbocycles. The van der Waals surface area contributed by atoms with Gasteiger partial charge >= 0.3 is 13.2 Å². The van der Waals surface area contributed by atoms with Crippen LogP contribution in [0.2, 0.25) is 0 Å². The summed E-state index contributed by atoms with van der Waals surface area (Å²) in [6.45, 7) is 0.0317. The van der Waals surface area contributed by atoms with Crippen LogP contribution < -0.4 is 16.0 Å². The highest BCUT2D eigenvalue weighted by molar-refractivity contribution is 6.43. The lowest BCUT2D eigenvalue weighted by Gasteiger charge is -2.27. The van der Waals surface area contributed by atoms with Crippen molar-refractivity contribution in [3.63, 3.8) is 0 Å². The smallest absolute Gasteiger partial charge is 0.445 e. The molecule has 0 radical (unpaired) electrons. The van der Waals surface area contributed by atoms with Crippen LogP contribution in [-0.4, -0.2) is 77.0 Å². The highest BCUT2D eigenvalue weighted by Crippen LogP contribution is 2.18. The van der Waals surface area contributed by atoms with Crippen molar-refractivity contribution in [2.45, 2.75) is 50.3 Å². The molecule has 230 valence electrons. The zero-order valence-electron chi connectivity index (χ0n) is 24.3. The van der Waals surface area contributed by atoms with Gasteiger partial charge in [-0.1, -0.05) is 91.0 Å². The number of carbonyl (C=O) groups is 4. The van der Waals surface area contributed by atoms with Gasteiger partial charge in [0.15, 0.2) is 0 Å². The predicted molar refractivity (Wildman–Crippen MR) is 164 cm³/mol. The fraction of sp³-hybridized carbons (Fsp3) is 0.312. The number of hydrogen-bond acceptors (Lipinski definition) is 7. The van der Waals surface area contributed by atoms with Crippen LogP contribution in [0.15, 0.2) is 91.0 Å². The first kappa shape index (κ1) is 32.2. The topological polar surface area (TPSA) is 157 Å². The molecule has 0 bridgehead atoms. The van der Waals surface area contributed by atoms with Gasteiger partial charge in [0.2, 0.25) is 17.7 Å². The molecule has 44 heavy (non-hydrogen) atoms. The summed E-state index contributed by atoms with van der Waals surface area (Å²) in [7, 11) is -1.83. The molecular weight excluding hydrogens is 563 g/mol. The summed E-state index contributed by atoms with van der Waals surface area (Å²) in [5, 5.41) is 27.9. The van der Waals surface area contributed by atoms with Crippen LogP contribution in [0.3, 0.4) is 0 Å². The summed E-state index contributed by atoms with van der Waals surface area (Å²) < 4.78 is 5.16. The van der Waals surface area contributed by atoms with E-state index in [2.05, 4.69) is 16.0 Å². The Morgan fingerprint density at radius 1 is 0.818 bits per heavy atom. The standard InChI is InChI=1S/C32H37BN4O7/c38-29(21-34-32(41)44-22-25-15-8-3-9-16-25)37-18-10-17-27(37)31(40)35-26(19-23-11-4-1-5-12-23)30(39)36-28(33(42)43)20-24-13-6-2-7-14-24/h1-9,11-16,26-28,42-43H,10,17-22H2,(H,34,41)(H,35,40)(H,36,39)/t26-,27-,28-/m0/s1. The first-order valence-corrected chi connectivity index (χ1v) is 14.6. The van der Waals surface area contributed by atoms with Gasteiger partial charge < -0.3 is 35.6 Å². The highest BCUT2D eigenvalue weighted by Gasteiger charge is 2.37. The molecule has 4 amide bonds. The van der Waals surface area contributed by atoms with Crippen LogP contribution in [0, 0.1) is 0 Å². The van der Waals surface area contributed by atoms with E-state index in [1.165, 1.54) is 4.90 Å². The number of hydrogen-bond donors (Lipinski definition) is 5. The lowest BCUT2D eigenvalue weighted by molar-refractivity contribution is -0.138. The normalized spacial score (nSPS) is 15.5. The highest BCUT2D eigenvalue weighted by atomic mass is 16.5. The average molecular weight is 600 g/mol. The third kappa shape index (κ3) is 9.68. The summed E-state index contributed by atoms with van der Waals surface area (Å²) in [5.41, 5.74) is 2.39. The Morgan fingerprint density at radius 2 is 1.39 bits per heavy atom. The number of likely N-dealkylation sites (tertiary alicyclic amines) is 1. The van der Waals surface area contributed by atoms with Gasteiger partial charge in [0, 0.05) is 13.0 Å². The molecule has 0 unspecified atom stereocenters. The Balaban J connectivity index is 1.37. The Bertz CT molecular complexity index is 1380. The third-order valence-corrected chi connectivity index (χ3v) is 7.37. The van der Waals surface area contributed by atoms with E-state index in [1.807, 2.05) is 91.0 Å². The second kappa shape index (κ2) is 16.2. The number of nitrogens with one attached hydrogen (secondary N) is 3. The Morgan fingerprint density at radius 3 is 1.98 bits per heavy atom. The van der Waals surface area contributed by atoms with Crippen LogP contribution in [0.25, 0.3) is 0 Å². The van der Waals surface area contributed by atoms with Gasteiger partial charge in [0.05, 0.1) is 5.94 Å². The molecule has 5 N–H and O–H groups in total. The molecule has 0 aliphatic carbocycles. The van der Waals surface area contributed by atoms with Crippen LogP contribution in [0.4, 0.5) is 4.79 Å². The number of ether oxygens (including phenoxy) is 1. The Kier molecular flexibility index (Phi) is 11.9. The number of benzene rings is 3. The maximum Gasteiger partial charge on any atom is 0.475 e. The Labute approximate surface area is 256 Å². The van der Waals surface area contributed by atoms with Gasteiger partial charge in [-0.25, -0.2) is 4.79 Å². The third-order valence-electron chi connectivity index (χ3n) is 7.37. The molecule has 1 heterocycles. The van der Waals surface area contributed by atoms with Crippen molar-refractivity contribution >= 4 is 30.9 Å². The van der Waals surface area contributed by atoms with Crippen molar-refractivity contribution < 1.29 is 34.0 Å². The summed E-state index contributed by atoms with van der Waals surface area (Å²) in [4.78, 5) is 53.5. The molecule has 1 aliphatic heterocycles. The van der Waals surface area contributed by atoms with Crippen molar-refractivity contribution in [2.24, 2.45) is 0 Å². The van der Waals surface area contributed by atoms with E-state index in [1.54, 1.807) is 0 Å². The zero-order chi connectivity index (χ0) is 31.3. The van der Waals surface area contributed by atoms with Crippen LogP contribution >= 0.6 is 0 Å². The average Bonchev–Trinajstić information content (AvgIpc) is 3.54. The second-order valence-corrected chi connectivity index (χ2v) is 10.6. The largest absolute Gasteiger partial charge is 0.475 e. The summed E-state index contributed by atoms with van der Waals surface area (Å²) in [5.74, 6) is -2.57. The van der Waals surface area contributed by atoms with Gasteiger partial charge in [0.25, 0.3) is 0 Å². The first-order valence-electron chi connectivity index (χ1n) is 14.6. The maximum atomic E-state index is 13.5. The molecule has 0 spiro atoms. The number of rotatable bonds is 13. The van der Waals surface area contributed by atoms with E-state index < -0.39 is 49.0 Å². The minimum absolute atomic E-state index is 0.0555. The van der Waals surface area contributed by atoms with Crippen molar-refractivity contribution in [1.82, 2.24) is 20.9 Å². The van der Waals surface area contributed by atoms with E-state index in [9.17, 15) is 29.2 Å². The minimum atomic E-state index is -1.83. The van der Waals surface area contributed by atoms with Gasteiger partial charge in [-0.05, 0) is 36.0 Å². The fourth-order valence-corrected chi connectivity index (χ4v) is 5.07. The van der Waals surface area contributed by atoms with E-state index in [4.69, 9.17) is 4.74 Å². The molecular formula is C32H37BN4O7. The number of nitrogens with zero attached hydrogens (tertiary/aromatic N) is 1. The predicted octanol–water partition coefficient (Wildman–Crippen LogP) is 1.37. The molecule has 12 heteroatoms. The Hall–Kier alpha value is -4.68. The monoisotopic (exact) mass is 600 g/mol. The summed E-state index contributed by atoms with van der Waals surface area (Å²) >= 11 is 0. The van der Waals surface area contributed by atoms with Gasteiger partial charge in [0.1, 0.15) is 25.2 Å². The molecule has 1 aliphatic rings. The molecule has 1 fully saturated rings. The van der Waals surface area contributed by atoms with E-state index in [0.29, 0.717) is 19.4 Å². The van der Waals surface area contributed by atoms with E-state index in [-0.39, 0.29) is 26.0 Å². The van der Waals surface area contributed by atoms with Crippen molar-refractivity contribution in [3.05, 3.63) is 108 Å². The molecule has 1 saturated heterocycles. The number of alkyl carbamates (subject to hydrolysis) is 1. The van der Waals surface area contributed by atoms with Crippen molar-refractivity contribution in [1.29, 1.82) is 0 Å². The number of amides is 4. The van der Waals surface area contributed by atoms with Crippen molar-refractivity contribution in [3.8, 4) is 0 Å². The van der Waals surface area contributed by atoms with Gasteiger partial charge in [-0.2, -0.15) is 0 Å². The summed E-state index contributed by atoms with van der Waals surface area (Å²) in [6, 6.07) is 25.4. The molecule has 0 aromatic heterocycles. The summed E-state index contributed by atoms with van der Waals surface area (Å²) in [6.07, 6.45) is 0.531. The zero-order valence-corrected chi connectivity index (χ0v) is 24.3. The fourth-order valence-electron chi connectivity index (χ4n) is 5.07. The van der Waals surface area contributed by atoms with Gasteiger partial charge in [-0.15, -0.1) is 0 Å². The van der Waals surface area contributed by atoms with E-state index in [0.717, 1.165) is 16.7 Å². The maximum absolute atomic E-state index is 13.5. The SMILES string of the molecule is O=C(NCC(=O)N1CCC[C@H]1C(=O)N[C@@H](Cc1ccccc1)C(=O)N[C@@H](Cc1ccccc1)B(O)O)OCc1ccccc1. The van der Waals surface area contributed by atoms with Crippen LogP contribution in [0.5, 0.6) is 0 Å². The lowest BCUT2D eigenvalue weighted by atomic mass is 9.75. The molecule has 4 rings (SSSR count). The second-order valence-electron chi connectivity index (χ2n) is 10.6. The van der Waals surface area contributed by atoms with Crippen LogP contribution in [0.1, 0.15) is 29.5 Å². The molecule has 3 aromatic rings. The lowest BCUT2D eigenvalue weighted by Crippen LogP contribution is -2.58. The quantitative estimate of drug-likeness (QED) is 0.186. The first-order chi connectivity index (χ1) is 21.3. The molecule has 11 nitrogen and oxygen atoms in total.